The Morgan fingerprint density at radius 1 is 1.37 bits per heavy atom. The highest BCUT2D eigenvalue weighted by Gasteiger charge is 2.17. The highest BCUT2D eigenvalue weighted by Crippen LogP contribution is 2.31. The van der Waals surface area contributed by atoms with Gasteiger partial charge in [-0.2, -0.15) is 0 Å². The van der Waals surface area contributed by atoms with Crippen molar-refractivity contribution in [1.29, 1.82) is 0 Å². The predicted octanol–water partition coefficient (Wildman–Crippen LogP) is 4.43. The van der Waals surface area contributed by atoms with Crippen molar-refractivity contribution < 1.29 is 9.34 Å². The van der Waals surface area contributed by atoms with Crippen LogP contribution in [0.1, 0.15) is 24.5 Å². The lowest BCUT2D eigenvalue weighted by atomic mass is 10.2. The van der Waals surface area contributed by atoms with Gasteiger partial charge in [0, 0.05) is 10.5 Å². The van der Waals surface area contributed by atoms with Crippen molar-refractivity contribution in [2.75, 3.05) is 5.32 Å². The first-order chi connectivity index (χ1) is 8.97. The van der Waals surface area contributed by atoms with Gasteiger partial charge in [0.2, 0.25) is 0 Å². The molecule has 0 aliphatic heterocycles. The molecular formula is C13H13BrN2O3. The van der Waals surface area contributed by atoms with Crippen LogP contribution in [-0.4, -0.2) is 4.92 Å². The molecule has 0 radical (unpaired) electrons. The normalized spacial score (nSPS) is 12.2. The number of hydrogen-bond acceptors (Lipinski definition) is 4. The summed E-state index contributed by atoms with van der Waals surface area (Å²) in [5.41, 5.74) is 0.499. The molecular weight excluding hydrogens is 312 g/mol. The van der Waals surface area contributed by atoms with Crippen LogP contribution >= 0.6 is 15.9 Å². The Balaban J connectivity index is 2.26. The van der Waals surface area contributed by atoms with Crippen LogP contribution in [0.15, 0.2) is 39.2 Å². The van der Waals surface area contributed by atoms with Gasteiger partial charge in [-0.05, 0) is 38.1 Å². The van der Waals surface area contributed by atoms with Crippen molar-refractivity contribution in [3.63, 3.8) is 0 Å². The van der Waals surface area contributed by atoms with E-state index >= 15 is 0 Å². The van der Waals surface area contributed by atoms with Gasteiger partial charge in [0.05, 0.1) is 11.0 Å². The zero-order chi connectivity index (χ0) is 14.0. The Bertz CT molecular complexity index is 610. The maximum atomic E-state index is 11.0. The Morgan fingerprint density at radius 3 is 2.68 bits per heavy atom. The average Bonchev–Trinajstić information content (AvgIpc) is 2.78. The summed E-state index contributed by atoms with van der Waals surface area (Å²) in [6, 6.07) is 8.49. The first-order valence-corrected chi connectivity index (χ1v) is 6.53. The van der Waals surface area contributed by atoms with Gasteiger partial charge >= 0.3 is 0 Å². The maximum Gasteiger partial charge on any atom is 0.293 e. The fraction of sp³-hybridized carbons (Fsp3) is 0.231. The molecule has 0 saturated heterocycles. The lowest BCUT2D eigenvalue weighted by Gasteiger charge is -2.13. The van der Waals surface area contributed by atoms with Crippen molar-refractivity contribution in [1.82, 2.24) is 0 Å². The molecule has 0 amide bonds. The summed E-state index contributed by atoms with van der Waals surface area (Å²) >= 11 is 3.23. The summed E-state index contributed by atoms with van der Waals surface area (Å²) in [6.07, 6.45) is 0. The van der Waals surface area contributed by atoms with Gasteiger partial charge in [-0.15, -0.1) is 0 Å². The van der Waals surface area contributed by atoms with Crippen molar-refractivity contribution in [3.05, 3.63) is 56.4 Å². The number of anilines is 1. The van der Waals surface area contributed by atoms with E-state index in [0.29, 0.717) is 10.2 Å². The number of hydrogen-bond donors (Lipinski definition) is 1. The quantitative estimate of drug-likeness (QED) is 0.667. The Morgan fingerprint density at radius 2 is 2.11 bits per heavy atom. The average molecular weight is 325 g/mol. The lowest BCUT2D eigenvalue weighted by Crippen LogP contribution is -2.07. The molecule has 1 atom stereocenters. The van der Waals surface area contributed by atoms with E-state index in [1.165, 1.54) is 6.07 Å². The molecule has 0 spiro atoms. The third kappa shape index (κ3) is 3.14. The Hall–Kier alpha value is -1.82. The minimum Gasteiger partial charge on any atom is -0.464 e. The van der Waals surface area contributed by atoms with E-state index in [0.717, 1.165) is 11.5 Å². The van der Waals surface area contributed by atoms with E-state index in [4.69, 9.17) is 4.42 Å². The number of rotatable bonds is 4. The summed E-state index contributed by atoms with van der Waals surface area (Å²) in [5.74, 6) is 1.56. The number of aryl methyl sites for hydroxylation is 1. The summed E-state index contributed by atoms with van der Waals surface area (Å²) in [5, 5.41) is 14.1. The van der Waals surface area contributed by atoms with Crippen LogP contribution in [0.5, 0.6) is 0 Å². The topological polar surface area (TPSA) is 68.3 Å². The third-order valence-corrected chi connectivity index (χ3v) is 3.21. The van der Waals surface area contributed by atoms with Crippen LogP contribution in [0.4, 0.5) is 11.4 Å². The molecule has 6 heteroatoms. The largest absolute Gasteiger partial charge is 0.464 e. The van der Waals surface area contributed by atoms with Crippen LogP contribution in [0.2, 0.25) is 0 Å². The monoisotopic (exact) mass is 324 g/mol. The standard InChI is InChI=1S/C13H13BrN2O3/c1-8-3-6-13(19-8)9(2)15-11-5-4-10(14)7-12(11)16(17)18/h3-7,9,15H,1-2H3. The summed E-state index contributed by atoms with van der Waals surface area (Å²) in [4.78, 5) is 10.6. The van der Waals surface area contributed by atoms with Crippen LogP contribution in [-0.2, 0) is 0 Å². The molecule has 19 heavy (non-hydrogen) atoms. The van der Waals surface area contributed by atoms with Crippen LogP contribution in [0.3, 0.4) is 0 Å². The number of furan rings is 1. The zero-order valence-electron chi connectivity index (χ0n) is 10.5. The third-order valence-electron chi connectivity index (χ3n) is 2.72. The maximum absolute atomic E-state index is 11.0. The van der Waals surface area contributed by atoms with Gasteiger partial charge in [0.25, 0.3) is 5.69 Å². The zero-order valence-corrected chi connectivity index (χ0v) is 12.1. The molecule has 2 rings (SSSR count). The van der Waals surface area contributed by atoms with E-state index in [1.807, 2.05) is 26.0 Å². The van der Waals surface area contributed by atoms with Crippen molar-refractivity contribution >= 4 is 27.3 Å². The molecule has 0 fully saturated rings. The predicted molar refractivity (Wildman–Crippen MR) is 76.3 cm³/mol. The van der Waals surface area contributed by atoms with Crippen molar-refractivity contribution in [3.8, 4) is 0 Å². The van der Waals surface area contributed by atoms with Crippen molar-refractivity contribution in [2.45, 2.75) is 19.9 Å². The number of benzene rings is 1. The molecule has 5 nitrogen and oxygen atoms in total. The molecule has 0 bridgehead atoms. The van der Waals surface area contributed by atoms with Crippen LogP contribution in [0, 0.1) is 17.0 Å². The number of nitro groups is 1. The first kappa shape index (κ1) is 13.6. The van der Waals surface area contributed by atoms with E-state index in [2.05, 4.69) is 21.2 Å². The van der Waals surface area contributed by atoms with Crippen LogP contribution in [0.25, 0.3) is 0 Å². The van der Waals surface area contributed by atoms with E-state index in [9.17, 15) is 10.1 Å². The highest BCUT2D eigenvalue weighted by atomic mass is 79.9. The first-order valence-electron chi connectivity index (χ1n) is 5.74. The van der Waals surface area contributed by atoms with Crippen LogP contribution < -0.4 is 5.32 Å². The minimum atomic E-state index is -0.410. The fourth-order valence-corrected chi connectivity index (χ4v) is 2.12. The molecule has 0 aliphatic rings. The number of nitrogens with one attached hydrogen (secondary N) is 1. The van der Waals surface area contributed by atoms with Gasteiger partial charge in [0.1, 0.15) is 17.2 Å². The fourth-order valence-electron chi connectivity index (χ4n) is 1.77. The number of halogens is 1. The molecule has 1 N–H and O–H groups in total. The molecule has 1 unspecified atom stereocenters. The Kier molecular flexibility index (Phi) is 3.90. The SMILES string of the molecule is Cc1ccc(C(C)Nc2ccc(Br)cc2[N+](=O)[O-])o1. The van der Waals surface area contributed by atoms with Gasteiger partial charge < -0.3 is 9.73 Å². The van der Waals surface area contributed by atoms with E-state index < -0.39 is 4.92 Å². The smallest absolute Gasteiger partial charge is 0.293 e. The number of nitrogens with zero attached hydrogens (tertiary/aromatic N) is 1. The highest BCUT2D eigenvalue weighted by molar-refractivity contribution is 9.10. The van der Waals surface area contributed by atoms with E-state index in [-0.39, 0.29) is 11.7 Å². The van der Waals surface area contributed by atoms with Gasteiger partial charge in [-0.3, -0.25) is 10.1 Å². The molecule has 1 aromatic heterocycles. The van der Waals surface area contributed by atoms with Gasteiger partial charge in [0.15, 0.2) is 0 Å². The molecule has 1 heterocycles. The van der Waals surface area contributed by atoms with Gasteiger partial charge in [-0.25, -0.2) is 0 Å². The molecule has 1 aromatic carbocycles. The summed E-state index contributed by atoms with van der Waals surface area (Å²) in [7, 11) is 0. The summed E-state index contributed by atoms with van der Waals surface area (Å²) < 4.78 is 6.17. The Labute approximate surface area is 118 Å². The number of nitro benzene ring substituents is 1. The lowest BCUT2D eigenvalue weighted by molar-refractivity contribution is -0.384. The molecule has 2 aromatic rings. The minimum absolute atomic E-state index is 0.0319. The van der Waals surface area contributed by atoms with Crippen molar-refractivity contribution in [2.24, 2.45) is 0 Å². The molecule has 0 saturated carbocycles. The molecule has 100 valence electrons. The van der Waals surface area contributed by atoms with E-state index in [1.54, 1.807) is 12.1 Å². The summed E-state index contributed by atoms with van der Waals surface area (Å²) in [6.45, 7) is 3.75. The second-order valence-corrected chi connectivity index (χ2v) is 5.15. The van der Waals surface area contributed by atoms with Gasteiger partial charge in [-0.1, -0.05) is 15.9 Å². The second-order valence-electron chi connectivity index (χ2n) is 4.23. The second kappa shape index (κ2) is 5.44. The molecule has 0 aliphatic carbocycles.